The Kier molecular flexibility index (Phi) is 4.75. The van der Waals surface area contributed by atoms with Crippen LogP contribution in [0, 0.1) is 11.3 Å². The Morgan fingerprint density at radius 3 is 2.44 bits per heavy atom. The van der Waals surface area contributed by atoms with Crippen LogP contribution < -0.4 is 11.5 Å². The highest BCUT2D eigenvalue weighted by Gasteiger charge is 2.41. The first-order valence-electron chi connectivity index (χ1n) is 6.62. The first kappa shape index (κ1) is 15.4. The topological polar surface area (TPSA) is 92.6 Å². The van der Waals surface area contributed by atoms with Crippen LogP contribution in [0.25, 0.3) is 0 Å². The van der Waals surface area contributed by atoms with Crippen LogP contribution in [0.15, 0.2) is 0 Å². The molecule has 1 amide bonds. The van der Waals surface area contributed by atoms with Crippen molar-refractivity contribution in [2.24, 2.45) is 22.8 Å². The number of nitrogens with zero attached hydrogens (tertiary/aromatic N) is 1. The summed E-state index contributed by atoms with van der Waals surface area (Å²) in [7, 11) is 0. The lowest BCUT2D eigenvalue weighted by Gasteiger charge is -2.35. The average Bonchev–Trinajstić information content (AvgIpc) is 2.59. The monoisotopic (exact) mass is 257 g/mol. The van der Waals surface area contributed by atoms with E-state index in [1.54, 1.807) is 4.90 Å². The molecule has 0 bridgehead atoms. The van der Waals surface area contributed by atoms with Crippen LogP contribution >= 0.6 is 0 Å². The minimum absolute atomic E-state index is 0.0175. The number of nitrogens with two attached hydrogens (primary N) is 2. The fourth-order valence-electron chi connectivity index (χ4n) is 2.62. The molecule has 5 nitrogen and oxygen atoms in total. The lowest BCUT2D eigenvalue weighted by atomic mass is 9.79. The van der Waals surface area contributed by atoms with Crippen molar-refractivity contribution < 1.29 is 9.90 Å². The van der Waals surface area contributed by atoms with Crippen molar-refractivity contribution in [2.45, 2.75) is 52.3 Å². The van der Waals surface area contributed by atoms with Crippen LogP contribution in [0.3, 0.4) is 0 Å². The van der Waals surface area contributed by atoms with Crippen molar-refractivity contribution in [2.75, 3.05) is 13.1 Å². The normalized spacial score (nSPS) is 28.3. The summed E-state index contributed by atoms with van der Waals surface area (Å²) in [5, 5.41) is 9.74. The van der Waals surface area contributed by atoms with Gasteiger partial charge in [-0.1, -0.05) is 20.8 Å². The number of rotatable bonds is 3. The van der Waals surface area contributed by atoms with Gasteiger partial charge in [0.25, 0.3) is 0 Å². The summed E-state index contributed by atoms with van der Waals surface area (Å²) in [5.41, 5.74) is 11.5. The number of amides is 1. The Morgan fingerprint density at radius 2 is 2.06 bits per heavy atom. The third kappa shape index (κ3) is 3.22. The summed E-state index contributed by atoms with van der Waals surface area (Å²) in [6.45, 7) is 8.59. The van der Waals surface area contributed by atoms with Crippen LogP contribution in [0.2, 0.25) is 0 Å². The van der Waals surface area contributed by atoms with Crippen molar-refractivity contribution in [3.8, 4) is 0 Å². The number of likely N-dealkylation sites (tertiary alicyclic amines) is 1. The maximum atomic E-state index is 12.6. The van der Waals surface area contributed by atoms with Crippen molar-refractivity contribution in [1.82, 2.24) is 4.90 Å². The number of carbonyl (C=O) groups is 1. The summed E-state index contributed by atoms with van der Waals surface area (Å²) in [4.78, 5) is 14.3. The zero-order valence-electron chi connectivity index (χ0n) is 11.9. The highest BCUT2D eigenvalue weighted by Crippen LogP contribution is 2.30. The van der Waals surface area contributed by atoms with E-state index in [1.165, 1.54) is 0 Å². The minimum Gasteiger partial charge on any atom is -0.391 e. The number of aliphatic hydroxyl groups is 1. The highest BCUT2D eigenvalue weighted by molar-refractivity contribution is 5.80. The largest absolute Gasteiger partial charge is 0.391 e. The first-order valence-corrected chi connectivity index (χ1v) is 6.62. The van der Waals surface area contributed by atoms with E-state index in [0.29, 0.717) is 19.5 Å². The lowest BCUT2D eigenvalue weighted by Crippen LogP contribution is -2.51. The van der Waals surface area contributed by atoms with E-state index in [2.05, 4.69) is 0 Å². The van der Waals surface area contributed by atoms with Crippen LogP contribution in [-0.2, 0) is 4.79 Å². The average molecular weight is 257 g/mol. The fraction of sp³-hybridized carbons (Fsp3) is 0.923. The summed E-state index contributed by atoms with van der Waals surface area (Å²) in [6.07, 6.45) is 0.0912. The van der Waals surface area contributed by atoms with E-state index in [-0.39, 0.29) is 29.3 Å². The molecule has 4 atom stereocenters. The van der Waals surface area contributed by atoms with Crippen LogP contribution in [0.5, 0.6) is 0 Å². The molecule has 1 rings (SSSR count). The van der Waals surface area contributed by atoms with E-state index in [9.17, 15) is 9.90 Å². The molecule has 1 aliphatic rings. The molecule has 0 aromatic carbocycles. The Bertz CT molecular complexity index is 299. The van der Waals surface area contributed by atoms with Gasteiger partial charge in [0.2, 0.25) is 5.91 Å². The summed E-state index contributed by atoms with van der Waals surface area (Å²) < 4.78 is 0. The molecular weight excluding hydrogens is 230 g/mol. The molecule has 106 valence electrons. The van der Waals surface area contributed by atoms with Gasteiger partial charge in [-0.05, 0) is 18.8 Å². The summed E-state index contributed by atoms with van der Waals surface area (Å²) in [6, 6.07) is -0.214. The van der Waals surface area contributed by atoms with Crippen molar-refractivity contribution in [3.63, 3.8) is 0 Å². The van der Waals surface area contributed by atoms with E-state index in [1.807, 2.05) is 27.7 Å². The molecular formula is C13H27N3O2. The third-order valence-corrected chi connectivity index (χ3v) is 3.79. The molecule has 0 saturated carbocycles. The van der Waals surface area contributed by atoms with Crippen molar-refractivity contribution >= 4 is 5.91 Å². The second-order valence-corrected chi connectivity index (χ2v) is 6.46. The maximum Gasteiger partial charge on any atom is 0.227 e. The molecule has 5 N–H and O–H groups in total. The SMILES string of the molecule is CC(N)C1CC(O)CN1C(=O)[C@H](CN)C(C)(C)C. The minimum atomic E-state index is -0.469. The van der Waals surface area contributed by atoms with Crippen molar-refractivity contribution in [1.29, 1.82) is 0 Å². The number of β-amino-alcohol motifs (C(OH)–C–C–N with tert-alkyl or cyclic N) is 1. The van der Waals surface area contributed by atoms with Gasteiger partial charge in [-0.3, -0.25) is 4.79 Å². The molecule has 3 unspecified atom stereocenters. The van der Waals surface area contributed by atoms with Crippen molar-refractivity contribution in [3.05, 3.63) is 0 Å². The number of hydrogen-bond acceptors (Lipinski definition) is 4. The zero-order valence-corrected chi connectivity index (χ0v) is 11.9. The molecule has 0 radical (unpaired) electrons. The van der Waals surface area contributed by atoms with Gasteiger partial charge in [0, 0.05) is 25.2 Å². The molecule has 1 fully saturated rings. The first-order chi connectivity index (χ1) is 8.18. The molecule has 1 aliphatic heterocycles. The Morgan fingerprint density at radius 1 is 1.50 bits per heavy atom. The number of hydrogen-bond donors (Lipinski definition) is 3. The lowest BCUT2D eigenvalue weighted by molar-refractivity contribution is -0.140. The molecule has 0 spiro atoms. The molecule has 0 aromatic heterocycles. The molecule has 0 aromatic rings. The van der Waals surface area contributed by atoms with Crippen LogP contribution in [-0.4, -0.2) is 47.2 Å². The standard InChI is InChI=1S/C13H27N3O2/c1-8(15)11-5-9(17)7-16(11)12(18)10(6-14)13(2,3)4/h8-11,17H,5-7,14-15H2,1-4H3/t8?,9?,10-,11?/m0/s1. The highest BCUT2D eigenvalue weighted by atomic mass is 16.3. The van der Waals surface area contributed by atoms with Gasteiger partial charge < -0.3 is 21.5 Å². The van der Waals surface area contributed by atoms with Gasteiger partial charge in [-0.15, -0.1) is 0 Å². The predicted molar refractivity (Wildman–Crippen MR) is 71.8 cm³/mol. The van der Waals surface area contributed by atoms with Crippen LogP contribution in [0.1, 0.15) is 34.1 Å². The van der Waals surface area contributed by atoms with E-state index >= 15 is 0 Å². The van der Waals surface area contributed by atoms with E-state index in [4.69, 9.17) is 11.5 Å². The quantitative estimate of drug-likeness (QED) is 0.659. The van der Waals surface area contributed by atoms with E-state index in [0.717, 1.165) is 0 Å². The third-order valence-electron chi connectivity index (χ3n) is 3.79. The second-order valence-electron chi connectivity index (χ2n) is 6.46. The molecule has 5 heteroatoms. The maximum absolute atomic E-state index is 12.6. The summed E-state index contributed by atoms with van der Waals surface area (Å²) >= 11 is 0. The fourth-order valence-corrected chi connectivity index (χ4v) is 2.62. The Hall–Kier alpha value is -0.650. The smallest absolute Gasteiger partial charge is 0.227 e. The van der Waals surface area contributed by atoms with Gasteiger partial charge >= 0.3 is 0 Å². The van der Waals surface area contributed by atoms with Gasteiger partial charge in [-0.25, -0.2) is 0 Å². The van der Waals surface area contributed by atoms with Gasteiger partial charge in [0.05, 0.1) is 12.0 Å². The molecule has 0 aliphatic carbocycles. The molecule has 18 heavy (non-hydrogen) atoms. The predicted octanol–water partition coefficient (Wildman–Crippen LogP) is -0.0836. The Balaban J connectivity index is 2.88. The Labute approximate surface area is 110 Å². The number of carbonyl (C=O) groups excluding carboxylic acids is 1. The summed E-state index contributed by atoms with van der Waals surface area (Å²) in [5.74, 6) is -0.215. The van der Waals surface area contributed by atoms with Gasteiger partial charge in [-0.2, -0.15) is 0 Å². The van der Waals surface area contributed by atoms with Gasteiger partial charge in [0.15, 0.2) is 0 Å². The van der Waals surface area contributed by atoms with E-state index < -0.39 is 6.10 Å². The molecule has 1 saturated heterocycles. The molecule has 1 heterocycles. The second kappa shape index (κ2) is 5.55. The van der Waals surface area contributed by atoms with Gasteiger partial charge in [0.1, 0.15) is 0 Å². The van der Waals surface area contributed by atoms with Crippen LogP contribution in [0.4, 0.5) is 0 Å². The number of aliphatic hydroxyl groups excluding tert-OH is 1. The zero-order chi connectivity index (χ0) is 14.1.